The largest absolute Gasteiger partial charge is 0.321 e. The zero-order valence-electron chi connectivity index (χ0n) is 10.6. The number of fused-ring (bicyclic) bond motifs is 1. The Bertz CT molecular complexity index is 760. The average molecular weight is 282 g/mol. The van der Waals surface area contributed by atoms with Gasteiger partial charge in [0.2, 0.25) is 0 Å². The van der Waals surface area contributed by atoms with Crippen molar-refractivity contribution in [3.63, 3.8) is 0 Å². The van der Waals surface area contributed by atoms with Crippen molar-refractivity contribution in [2.45, 2.75) is 0 Å². The maximum atomic E-state index is 12.2. The molecular weight excluding hydrogens is 270 g/mol. The Hall–Kier alpha value is -2.32. The number of carbonyl (C=O) groups excluding carboxylic acids is 1. The standard InChI is InChI=1S/C17H12ClNO/c18-14-10-8-13(9-11-14)17(20)19-16-7-3-5-12-4-1-2-6-15(12)16/h1-11H,(H,19,20). The molecule has 0 unspecified atom stereocenters. The molecule has 0 aromatic heterocycles. The summed E-state index contributed by atoms with van der Waals surface area (Å²) in [5, 5.41) is 5.68. The fourth-order valence-corrected chi connectivity index (χ4v) is 2.26. The summed E-state index contributed by atoms with van der Waals surface area (Å²) in [5.41, 5.74) is 1.39. The van der Waals surface area contributed by atoms with E-state index in [9.17, 15) is 4.79 Å². The summed E-state index contributed by atoms with van der Waals surface area (Å²) in [6.45, 7) is 0. The van der Waals surface area contributed by atoms with Gasteiger partial charge in [0, 0.05) is 21.7 Å². The molecule has 0 heterocycles. The van der Waals surface area contributed by atoms with Crippen LogP contribution in [0.15, 0.2) is 66.7 Å². The molecule has 3 aromatic carbocycles. The van der Waals surface area contributed by atoms with E-state index in [1.165, 1.54) is 0 Å². The first kappa shape index (κ1) is 12.7. The van der Waals surface area contributed by atoms with E-state index in [0.717, 1.165) is 16.5 Å². The van der Waals surface area contributed by atoms with Crippen LogP contribution in [0.4, 0.5) is 5.69 Å². The van der Waals surface area contributed by atoms with E-state index in [1.54, 1.807) is 24.3 Å². The van der Waals surface area contributed by atoms with Crippen LogP contribution in [-0.2, 0) is 0 Å². The molecule has 20 heavy (non-hydrogen) atoms. The Kier molecular flexibility index (Phi) is 3.40. The van der Waals surface area contributed by atoms with Crippen LogP contribution in [0, 0.1) is 0 Å². The minimum atomic E-state index is -0.141. The fourth-order valence-electron chi connectivity index (χ4n) is 2.13. The summed E-state index contributed by atoms with van der Waals surface area (Å²) in [6.07, 6.45) is 0. The van der Waals surface area contributed by atoms with E-state index < -0.39 is 0 Å². The van der Waals surface area contributed by atoms with E-state index in [2.05, 4.69) is 5.32 Å². The van der Waals surface area contributed by atoms with Crippen LogP contribution in [0.3, 0.4) is 0 Å². The van der Waals surface area contributed by atoms with Gasteiger partial charge in [-0.15, -0.1) is 0 Å². The molecule has 0 radical (unpaired) electrons. The number of hydrogen-bond donors (Lipinski definition) is 1. The molecule has 3 aromatic rings. The van der Waals surface area contributed by atoms with E-state index in [4.69, 9.17) is 11.6 Å². The van der Waals surface area contributed by atoms with Crippen molar-refractivity contribution in [3.8, 4) is 0 Å². The van der Waals surface area contributed by atoms with Crippen molar-refractivity contribution in [1.29, 1.82) is 0 Å². The Morgan fingerprint density at radius 1 is 0.850 bits per heavy atom. The molecule has 3 rings (SSSR count). The fraction of sp³-hybridized carbons (Fsp3) is 0. The molecule has 0 saturated carbocycles. The lowest BCUT2D eigenvalue weighted by Crippen LogP contribution is -2.11. The molecule has 98 valence electrons. The Morgan fingerprint density at radius 3 is 2.35 bits per heavy atom. The summed E-state index contributed by atoms with van der Waals surface area (Å²) in [5.74, 6) is -0.141. The molecule has 1 N–H and O–H groups in total. The number of carbonyl (C=O) groups is 1. The number of nitrogens with one attached hydrogen (secondary N) is 1. The summed E-state index contributed by atoms with van der Waals surface area (Å²) in [7, 11) is 0. The molecule has 1 amide bonds. The van der Waals surface area contributed by atoms with Crippen LogP contribution in [0.1, 0.15) is 10.4 Å². The van der Waals surface area contributed by atoms with E-state index >= 15 is 0 Å². The quantitative estimate of drug-likeness (QED) is 0.722. The SMILES string of the molecule is O=C(Nc1cccc2ccccc12)c1ccc(Cl)cc1. The molecular formula is C17H12ClNO. The third-order valence-corrected chi connectivity index (χ3v) is 3.40. The summed E-state index contributed by atoms with van der Waals surface area (Å²) >= 11 is 5.82. The minimum absolute atomic E-state index is 0.141. The van der Waals surface area contributed by atoms with Crippen LogP contribution in [0.2, 0.25) is 5.02 Å². The second-order valence-corrected chi connectivity index (χ2v) is 4.92. The molecule has 0 fully saturated rings. The van der Waals surface area contributed by atoms with Gasteiger partial charge in [-0.2, -0.15) is 0 Å². The predicted molar refractivity (Wildman–Crippen MR) is 83.4 cm³/mol. The van der Waals surface area contributed by atoms with Crippen LogP contribution < -0.4 is 5.32 Å². The van der Waals surface area contributed by atoms with Gasteiger partial charge in [0.15, 0.2) is 0 Å². The molecule has 2 nitrogen and oxygen atoms in total. The third-order valence-electron chi connectivity index (χ3n) is 3.14. The average Bonchev–Trinajstić information content (AvgIpc) is 2.48. The van der Waals surface area contributed by atoms with Crippen LogP contribution in [-0.4, -0.2) is 5.91 Å². The highest BCUT2D eigenvalue weighted by Crippen LogP contribution is 2.23. The Morgan fingerprint density at radius 2 is 1.55 bits per heavy atom. The maximum absolute atomic E-state index is 12.2. The second kappa shape index (κ2) is 5.35. The first-order valence-electron chi connectivity index (χ1n) is 6.29. The van der Waals surface area contributed by atoms with Gasteiger partial charge in [-0.1, -0.05) is 48.0 Å². The lowest BCUT2D eigenvalue weighted by molar-refractivity contribution is 0.102. The van der Waals surface area contributed by atoms with Crippen molar-refractivity contribution in [3.05, 3.63) is 77.3 Å². The van der Waals surface area contributed by atoms with Gasteiger partial charge in [-0.3, -0.25) is 4.79 Å². The number of amides is 1. The van der Waals surface area contributed by atoms with Crippen molar-refractivity contribution < 1.29 is 4.79 Å². The van der Waals surface area contributed by atoms with Crippen molar-refractivity contribution in [2.75, 3.05) is 5.32 Å². The van der Waals surface area contributed by atoms with Gasteiger partial charge in [-0.05, 0) is 35.7 Å². The number of anilines is 1. The smallest absolute Gasteiger partial charge is 0.255 e. The van der Waals surface area contributed by atoms with E-state index in [1.807, 2.05) is 42.5 Å². The zero-order valence-corrected chi connectivity index (χ0v) is 11.4. The second-order valence-electron chi connectivity index (χ2n) is 4.49. The normalized spacial score (nSPS) is 10.4. The minimum Gasteiger partial charge on any atom is -0.321 e. The van der Waals surface area contributed by atoms with Crippen LogP contribution in [0.25, 0.3) is 10.8 Å². The van der Waals surface area contributed by atoms with Crippen molar-refractivity contribution in [1.82, 2.24) is 0 Å². The number of benzene rings is 3. The number of rotatable bonds is 2. The number of hydrogen-bond acceptors (Lipinski definition) is 1. The third kappa shape index (κ3) is 2.51. The molecule has 0 atom stereocenters. The Labute approximate surface area is 122 Å². The topological polar surface area (TPSA) is 29.1 Å². The molecule has 0 aliphatic carbocycles. The first-order valence-corrected chi connectivity index (χ1v) is 6.66. The molecule has 0 aliphatic heterocycles. The van der Waals surface area contributed by atoms with Gasteiger partial charge < -0.3 is 5.32 Å². The Balaban J connectivity index is 1.93. The maximum Gasteiger partial charge on any atom is 0.255 e. The molecule has 3 heteroatoms. The summed E-state index contributed by atoms with van der Waals surface area (Å²) < 4.78 is 0. The van der Waals surface area contributed by atoms with Crippen molar-refractivity contribution in [2.24, 2.45) is 0 Å². The lowest BCUT2D eigenvalue weighted by atomic mass is 10.1. The molecule has 0 bridgehead atoms. The molecule has 0 spiro atoms. The van der Waals surface area contributed by atoms with E-state index in [0.29, 0.717) is 10.6 Å². The molecule has 0 saturated heterocycles. The summed E-state index contributed by atoms with van der Waals surface area (Å²) in [4.78, 5) is 12.2. The van der Waals surface area contributed by atoms with Gasteiger partial charge in [0.25, 0.3) is 5.91 Å². The van der Waals surface area contributed by atoms with Gasteiger partial charge in [0.05, 0.1) is 0 Å². The van der Waals surface area contributed by atoms with Gasteiger partial charge in [-0.25, -0.2) is 0 Å². The van der Waals surface area contributed by atoms with Gasteiger partial charge >= 0.3 is 0 Å². The van der Waals surface area contributed by atoms with Crippen molar-refractivity contribution >= 4 is 34.0 Å². The zero-order chi connectivity index (χ0) is 13.9. The monoisotopic (exact) mass is 281 g/mol. The predicted octanol–water partition coefficient (Wildman–Crippen LogP) is 4.75. The van der Waals surface area contributed by atoms with Crippen LogP contribution >= 0.6 is 11.6 Å². The lowest BCUT2D eigenvalue weighted by Gasteiger charge is -2.08. The highest BCUT2D eigenvalue weighted by molar-refractivity contribution is 6.30. The highest BCUT2D eigenvalue weighted by atomic mass is 35.5. The summed E-state index contributed by atoms with van der Waals surface area (Å²) in [6, 6.07) is 20.6. The number of halogens is 1. The highest BCUT2D eigenvalue weighted by Gasteiger charge is 2.07. The molecule has 0 aliphatic rings. The van der Waals surface area contributed by atoms with Crippen LogP contribution in [0.5, 0.6) is 0 Å². The first-order chi connectivity index (χ1) is 9.74. The van der Waals surface area contributed by atoms with Gasteiger partial charge in [0.1, 0.15) is 0 Å². The van der Waals surface area contributed by atoms with E-state index in [-0.39, 0.29) is 5.91 Å².